The predicted molar refractivity (Wildman–Crippen MR) is 68.8 cm³/mol. The van der Waals surface area contributed by atoms with E-state index in [1.165, 1.54) is 22.8 Å². The Bertz CT molecular complexity index is 298. The van der Waals surface area contributed by atoms with Gasteiger partial charge in [-0.3, -0.25) is 9.97 Å². The molecule has 1 aromatic rings. The first-order chi connectivity index (χ1) is 7.76. The number of nitrogens with zero attached hydrogens (tertiary/aromatic N) is 2. The van der Waals surface area contributed by atoms with Gasteiger partial charge in [-0.1, -0.05) is 40.5 Å². The predicted octanol–water partition coefficient (Wildman–Crippen LogP) is 3.51. The lowest BCUT2D eigenvalue weighted by atomic mass is 10.1. The molecule has 90 valence electrons. The molecule has 16 heavy (non-hydrogen) atoms. The third-order valence-corrected chi connectivity index (χ3v) is 2.85. The third-order valence-electron chi connectivity index (χ3n) is 2.85. The highest BCUT2D eigenvalue weighted by Crippen LogP contribution is 2.14. The van der Waals surface area contributed by atoms with Gasteiger partial charge in [0.1, 0.15) is 0 Å². The maximum atomic E-state index is 4.81. The number of hydrogen-bond donors (Lipinski definition) is 0. The second-order valence-electron chi connectivity index (χ2n) is 4.22. The Hall–Kier alpha value is -0.920. The van der Waals surface area contributed by atoms with Crippen LogP contribution in [0.15, 0.2) is 0 Å². The SMILES string of the molecule is CCCc1nc(CC)c(CCC)nc1CC. The Morgan fingerprint density at radius 1 is 0.625 bits per heavy atom. The fraction of sp³-hybridized carbons (Fsp3) is 0.714. The molecule has 2 heteroatoms. The molecule has 0 atom stereocenters. The van der Waals surface area contributed by atoms with Gasteiger partial charge >= 0.3 is 0 Å². The van der Waals surface area contributed by atoms with E-state index in [4.69, 9.17) is 9.97 Å². The lowest BCUT2D eigenvalue weighted by Gasteiger charge is -2.12. The monoisotopic (exact) mass is 220 g/mol. The van der Waals surface area contributed by atoms with Crippen LogP contribution in [-0.2, 0) is 25.7 Å². The molecule has 0 saturated heterocycles. The van der Waals surface area contributed by atoms with E-state index >= 15 is 0 Å². The van der Waals surface area contributed by atoms with E-state index in [0.29, 0.717) is 0 Å². The molecule has 0 bridgehead atoms. The highest BCUT2D eigenvalue weighted by atomic mass is 14.8. The molecule has 0 spiro atoms. The van der Waals surface area contributed by atoms with Crippen molar-refractivity contribution in [1.82, 2.24) is 9.97 Å². The number of rotatable bonds is 6. The minimum atomic E-state index is 1.00. The summed E-state index contributed by atoms with van der Waals surface area (Å²) in [6.07, 6.45) is 6.44. The molecule has 2 nitrogen and oxygen atoms in total. The molecular formula is C14H24N2. The van der Waals surface area contributed by atoms with E-state index in [1.54, 1.807) is 0 Å². The topological polar surface area (TPSA) is 25.8 Å². The third kappa shape index (κ3) is 3.03. The first-order valence-corrected chi connectivity index (χ1v) is 6.64. The average Bonchev–Trinajstić information content (AvgIpc) is 2.31. The van der Waals surface area contributed by atoms with E-state index in [-0.39, 0.29) is 0 Å². The molecule has 0 aliphatic heterocycles. The standard InChI is InChI=1S/C14H24N2/c1-5-9-13-11(7-3)16-14(10-6-2)12(8-4)15-13/h5-10H2,1-4H3. The van der Waals surface area contributed by atoms with Gasteiger partial charge in [0.2, 0.25) is 0 Å². The molecule has 1 rings (SSSR count). The van der Waals surface area contributed by atoms with Crippen LogP contribution in [0, 0.1) is 0 Å². The van der Waals surface area contributed by atoms with E-state index in [1.807, 2.05) is 0 Å². The van der Waals surface area contributed by atoms with Gasteiger partial charge < -0.3 is 0 Å². The van der Waals surface area contributed by atoms with Gasteiger partial charge in [0, 0.05) is 0 Å². The van der Waals surface area contributed by atoms with Gasteiger partial charge in [-0.05, 0) is 25.7 Å². The van der Waals surface area contributed by atoms with Crippen LogP contribution in [0.25, 0.3) is 0 Å². The van der Waals surface area contributed by atoms with Crippen molar-refractivity contribution in [3.63, 3.8) is 0 Å². The highest BCUT2D eigenvalue weighted by Gasteiger charge is 2.10. The summed E-state index contributed by atoms with van der Waals surface area (Å²) in [4.78, 5) is 9.62. The van der Waals surface area contributed by atoms with Gasteiger partial charge in [-0.2, -0.15) is 0 Å². The molecule has 0 amide bonds. The summed E-state index contributed by atoms with van der Waals surface area (Å²) in [5.74, 6) is 0. The zero-order valence-electron chi connectivity index (χ0n) is 11.1. The van der Waals surface area contributed by atoms with Crippen molar-refractivity contribution in [1.29, 1.82) is 0 Å². The lowest BCUT2D eigenvalue weighted by Crippen LogP contribution is -2.09. The van der Waals surface area contributed by atoms with Crippen molar-refractivity contribution in [2.24, 2.45) is 0 Å². The van der Waals surface area contributed by atoms with Crippen LogP contribution >= 0.6 is 0 Å². The normalized spacial score (nSPS) is 10.8. The maximum absolute atomic E-state index is 4.81. The van der Waals surface area contributed by atoms with Gasteiger partial charge in [-0.25, -0.2) is 0 Å². The summed E-state index contributed by atoms with van der Waals surface area (Å²) in [6, 6.07) is 0. The van der Waals surface area contributed by atoms with Gasteiger partial charge in [0.15, 0.2) is 0 Å². The highest BCUT2D eigenvalue weighted by molar-refractivity contribution is 5.21. The van der Waals surface area contributed by atoms with Crippen LogP contribution in [0.2, 0.25) is 0 Å². The quantitative estimate of drug-likeness (QED) is 0.733. The maximum Gasteiger partial charge on any atom is 0.0622 e. The zero-order valence-corrected chi connectivity index (χ0v) is 11.1. The molecule has 0 aromatic carbocycles. The van der Waals surface area contributed by atoms with Crippen molar-refractivity contribution in [2.75, 3.05) is 0 Å². The van der Waals surface area contributed by atoms with E-state index in [9.17, 15) is 0 Å². The second-order valence-corrected chi connectivity index (χ2v) is 4.22. The second kappa shape index (κ2) is 6.62. The van der Waals surface area contributed by atoms with Gasteiger partial charge in [0.05, 0.1) is 22.8 Å². The van der Waals surface area contributed by atoms with Crippen LogP contribution < -0.4 is 0 Å². The molecule has 0 aliphatic rings. The summed E-state index contributed by atoms with van der Waals surface area (Å²) in [5.41, 5.74) is 4.87. The first kappa shape index (κ1) is 13.1. The van der Waals surface area contributed by atoms with Crippen LogP contribution in [0.1, 0.15) is 63.3 Å². The van der Waals surface area contributed by atoms with E-state index < -0.39 is 0 Å². The van der Waals surface area contributed by atoms with Crippen molar-refractivity contribution >= 4 is 0 Å². The Kier molecular flexibility index (Phi) is 5.44. The average molecular weight is 220 g/mol. The van der Waals surface area contributed by atoms with E-state index in [2.05, 4.69) is 27.7 Å². The Morgan fingerprint density at radius 3 is 1.25 bits per heavy atom. The molecule has 0 saturated carbocycles. The zero-order chi connectivity index (χ0) is 12.0. The molecule has 0 N–H and O–H groups in total. The first-order valence-electron chi connectivity index (χ1n) is 6.64. The Labute approximate surface area is 99.5 Å². The number of aryl methyl sites for hydroxylation is 4. The fourth-order valence-corrected chi connectivity index (χ4v) is 2.02. The van der Waals surface area contributed by atoms with E-state index in [0.717, 1.165) is 38.5 Å². The van der Waals surface area contributed by atoms with Crippen LogP contribution in [0.4, 0.5) is 0 Å². The summed E-state index contributed by atoms with van der Waals surface area (Å²) < 4.78 is 0. The van der Waals surface area contributed by atoms with Gasteiger partial charge in [-0.15, -0.1) is 0 Å². The van der Waals surface area contributed by atoms with Crippen molar-refractivity contribution in [3.8, 4) is 0 Å². The largest absolute Gasteiger partial charge is 0.254 e. The summed E-state index contributed by atoms with van der Waals surface area (Å²) >= 11 is 0. The van der Waals surface area contributed by atoms with Crippen LogP contribution in [-0.4, -0.2) is 9.97 Å². The van der Waals surface area contributed by atoms with Crippen molar-refractivity contribution < 1.29 is 0 Å². The van der Waals surface area contributed by atoms with Crippen LogP contribution in [0.5, 0.6) is 0 Å². The molecular weight excluding hydrogens is 196 g/mol. The minimum absolute atomic E-state index is 1.00. The van der Waals surface area contributed by atoms with Crippen molar-refractivity contribution in [2.45, 2.75) is 66.2 Å². The van der Waals surface area contributed by atoms with Crippen LogP contribution in [0.3, 0.4) is 0 Å². The molecule has 0 aliphatic carbocycles. The molecule has 1 aromatic heterocycles. The molecule has 1 heterocycles. The number of aromatic nitrogens is 2. The summed E-state index contributed by atoms with van der Waals surface area (Å²) in [6.45, 7) is 8.74. The summed E-state index contributed by atoms with van der Waals surface area (Å²) in [5, 5.41) is 0. The minimum Gasteiger partial charge on any atom is -0.254 e. The van der Waals surface area contributed by atoms with Gasteiger partial charge in [0.25, 0.3) is 0 Å². The molecule has 0 unspecified atom stereocenters. The molecule has 0 fully saturated rings. The fourth-order valence-electron chi connectivity index (χ4n) is 2.02. The smallest absolute Gasteiger partial charge is 0.0622 e. The number of hydrogen-bond acceptors (Lipinski definition) is 2. The molecule has 0 radical (unpaired) electrons. The Morgan fingerprint density at radius 2 is 1.00 bits per heavy atom. The van der Waals surface area contributed by atoms with Crippen molar-refractivity contribution in [3.05, 3.63) is 22.8 Å². The summed E-state index contributed by atoms with van der Waals surface area (Å²) in [7, 11) is 0. The Balaban J connectivity index is 3.11. The lowest BCUT2D eigenvalue weighted by molar-refractivity contribution is 0.759.